The van der Waals surface area contributed by atoms with Gasteiger partial charge in [0.1, 0.15) is 0 Å². The summed E-state index contributed by atoms with van der Waals surface area (Å²) in [5.41, 5.74) is 5.32. The molecule has 0 heterocycles. The van der Waals surface area contributed by atoms with Crippen molar-refractivity contribution in [3.63, 3.8) is 0 Å². The number of unbranched alkanes of at least 4 members (excludes halogenated alkanes) is 6. The van der Waals surface area contributed by atoms with Crippen LogP contribution in [-0.2, 0) is 0 Å². The number of halogens is 1. The lowest BCUT2D eigenvalue weighted by atomic mass is 9.73. The Bertz CT molecular complexity index is 395. The Morgan fingerprint density at radius 2 is 1.23 bits per heavy atom. The van der Waals surface area contributed by atoms with Gasteiger partial charge in [0.05, 0.1) is 6.10 Å². The van der Waals surface area contributed by atoms with Crippen molar-refractivity contribution in [1.29, 1.82) is 0 Å². The van der Waals surface area contributed by atoms with E-state index < -0.39 is 0 Å². The molecule has 128 valence electrons. The van der Waals surface area contributed by atoms with E-state index in [0.717, 1.165) is 25.1 Å². The molecule has 2 heteroatoms. The molecule has 1 rings (SSSR count). The molecular formula is C20H35ClO. The van der Waals surface area contributed by atoms with Crippen LogP contribution < -0.4 is 0 Å². The van der Waals surface area contributed by atoms with Crippen LogP contribution in [0, 0.1) is 5.41 Å². The molecule has 1 nitrogen and oxygen atoms in total. The minimum atomic E-state index is -0.254. The Kier molecular flexibility index (Phi) is 8.21. The molecule has 0 fully saturated rings. The summed E-state index contributed by atoms with van der Waals surface area (Å²) in [6.07, 6.45) is 9.32. The molecule has 0 spiro atoms. The lowest BCUT2D eigenvalue weighted by Crippen LogP contribution is -2.33. The topological polar surface area (TPSA) is 20.2 Å². The molecule has 0 aromatic carbocycles. The van der Waals surface area contributed by atoms with Crippen LogP contribution >= 0.6 is 11.6 Å². The summed E-state index contributed by atoms with van der Waals surface area (Å²) in [5, 5.41) is 10.8. The lowest BCUT2D eigenvalue weighted by molar-refractivity contribution is 0.0758. The van der Waals surface area contributed by atoms with Gasteiger partial charge in [0.2, 0.25) is 0 Å². The minimum Gasteiger partial charge on any atom is -0.392 e. The summed E-state index contributed by atoms with van der Waals surface area (Å²) in [6, 6.07) is 0. The monoisotopic (exact) mass is 326 g/mol. The van der Waals surface area contributed by atoms with E-state index in [1.54, 1.807) is 0 Å². The molecule has 1 atom stereocenters. The van der Waals surface area contributed by atoms with Crippen LogP contribution in [0.2, 0.25) is 0 Å². The van der Waals surface area contributed by atoms with Gasteiger partial charge in [-0.25, -0.2) is 0 Å². The molecule has 22 heavy (non-hydrogen) atoms. The first-order valence-electron chi connectivity index (χ1n) is 8.97. The second-order valence-corrected chi connectivity index (χ2v) is 7.55. The van der Waals surface area contributed by atoms with E-state index >= 15 is 0 Å². The molecule has 0 radical (unpaired) electrons. The number of aliphatic hydroxyl groups excluding tert-OH is 1. The maximum atomic E-state index is 10.8. The van der Waals surface area contributed by atoms with Crippen LogP contribution in [0.25, 0.3) is 0 Å². The van der Waals surface area contributed by atoms with E-state index in [-0.39, 0.29) is 11.5 Å². The fourth-order valence-electron chi connectivity index (χ4n) is 3.73. The van der Waals surface area contributed by atoms with Crippen LogP contribution in [0.3, 0.4) is 0 Å². The number of hydrogen-bond donors (Lipinski definition) is 1. The van der Waals surface area contributed by atoms with Crippen LogP contribution in [0.15, 0.2) is 22.3 Å². The van der Waals surface area contributed by atoms with E-state index in [9.17, 15) is 5.11 Å². The number of rotatable bonds is 10. The van der Waals surface area contributed by atoms with Crippen LogP contribution in [-0.4, -0.2) is 17.1 Å². The van der Waals surface area contributed by atoms with Gasteiger partial charge in [-0.2, -0.15) is 0 Å². The highest BCUT2D eigenvalue weighted by Crippen LogP contribution is 2.49. The summed E-state index contributed by atoms with van der Waals surface area (Å²) >= 11 is 5.68. The zero-order chi connectivity index (χ0) is 16.8. The minimum absolute atomic E-state index is 0.144. The van der Waals surface area contributed by atoms with E-state index in [0.29, 0.717) is 0 Å². The van der Waals surface area contributed by atoms with Gasteiger partial charge in [-0.05, 0) is 58.6 Å². The molecule has 0 aromatic rings. The Hall–Kier alpha value is -0.270. The molecule has 1 aliphatic rings. The summed E-state index contributed by atoms with van der Waals surface area (Å²) in [7, 11) is 0. The molecule has 0 saturated carbocycles. The van der Waals surface area contributed by atoms with Gasteiger partial charge >= 0.3 is 0 Å². The molecule has 0 aliphatic heterocycles. The summed E-state index contributed by atoms with van der Waals surface area (Å²) in [5.74, 6) is 0.795. The van der Waals surface area contributed by atoms with Crippen molar-refractivity contribution >= 4 is 11.6 Å². The molecule has 0 aromatic heterocycles. The second-order valence-electron chi connectivity index (χ2n) is 7.17. The van der Waals surface area contributed by atoms with E-state index in [1.807, 2.05) is 0 Å². The van der Waals surface area contributed by atoms with E-state index in [4.69, 9.17) is 11.6 Å². The van der Waals surface area contributed by atoms with Gasteiger partial charge in [-0.15, -0.1) is 11.6 Å². The van der Waals surface area contributed by atoms with Crippen LogP contribution in [0.5, 0.6) is 0 Å². The third-order valence-electron chi connectivity index (χ3n) is 6.02. The molecule has 0 amide bonds. The van der Waals surface area contributed by atoms with Crippen molar-refractivity contribution < 1.29 is 5.11 Å². The Morgan fingerprint density at radius 1 is 0.818 bits per heavy atom. The van der Waals surface area contributed by atoms with E-state index in [2.05, 4.69) is 34.6 Å². The van der Waals surface area contributed by atoms with Crippen molar-refractivity contribution in [2.45, 2.75) is 92.1 Å². The van der Waals surface area contributed by atoms with Crippen molar-refractivity contribution in [3.8, 4) is 0 Å². The average molecular weight is 327 g/mol. The van der Waals surface area contributed by atoms with Crippen LogP contribution in [0.4, 0.5) is 0 Å². The van der Waals surface area contributed by atoms with Gasteiger partial charge in [-0.3, -0.25) is 0 Å². The Balaban J connectivity index is 2.36. The summed E-state index contributed by atoms with van der Waals surface area (Å²) in [6.45, 7) is 11.0. The number of alkyl halides is 1. The lowest BCUT2D eigenvalue weighted by Gasteiger charge is -2.34. The van der Waals surface area contributed by atoms with Gasteiger partial charge in [0, 0.05) is 11.3 Å². The molecule has 1 unspecified atom stereocenters. The number of aliphatic hydroxyl groups is 1. The van der Waals surface area contributed by atoms with Gasteiger partial charge in [-0.1, -0.05) is 49.7 Å². The largest absolute Gasteiger partial charge is 0.392 e. The third kappa shape index (κ3) is 4.38. The highest BCUT2D eigenvalue weighted by atomic mass is 35.5. The Labute approximate surface area is 142 Å². The zero-order valence-electron chi connectivity index (χ0n) is 15.3. The zero-order valence-corrected chi connectivity index (χ0v) is 16.0. The third-order valence-corrected chi connectivity index (χ3v) is 6.29. The molecule has 0 saturated heterocycles. The molecule has 1 N–H and O–H groups in total. The molecule has 1 aliphatic carbocycles. The SMILES string of the molecule is CC1=C(C)C(C)(C(O)CCCCCCCCCCl)C(C)=C1C. The standard InChI is InChI=1S/C20H35ClO/c1-15-16(2)18(4)20(5,17(15)3)19(22)13-11-9-7-6-8-10-12-14-21/h19,22H,6-14H2,1-5H3. The predicted molar refractivity (Wildman–Crippen MR) is 98.5 cm³/mol. The summed E-state index contributed by atoms with van der Waals surface area (Å²) < 4.78 is 0. The van der Waals surface area contributed by atoms with Gasteiger partial charge in [0.25, 0.3) is 0 Å². The van der Waals surface area contributed by atoms with Gasteiger partial charge < -0.3 is 5.11 Å². The normalized spacial score (nSPS) is 19.2. The fourth-order valence-corrected chi connectivity index (χ4v) is 3.92. The predicted octanol–water partition coefficient (Wildman–Crippen LogP) is 6.40. The maximum absolute atomic E-state index is 10.8. The highest BCUT2D eigenvalue weighted by Gasteiger charge is 2.41. The fraction of sp³-hybridized carbons (Fsp3) is 0.800. The van der Waals surface area contributed by atoms with Crippen molar-refractivity contribution in [3.05, 3.63) is 22.3 Å². The van der Waals surface area contributed by atoms with Gasteiger partial charge in [0.15, 0.2) is 0 Å². The smallest absolute Gasteiger partial charge is 0.0668 e. The van der Waals surface area contributed by atoms with Crippen molar-refractivity contribution in [1.82, 2.24) is 0 Å². The summed E-state index contributed by atoms with van der Waals surface area (Å²) in [4.78, 5) is 0. The number of hydrogen-bond acceptors (Lipinski definition) is 1. The molecular weight excluding hydrogens is 292 g/mol. The average Bonchev–Trinajstić information content (AvgIpc) is 2.66. The first-order valence-corrected chi connectivity index (χ1v) is 9.51. The molecule has 0 bridgehead atoms. The first kappa shape index (κ1) is 19.8. The highest BCUT2D eigenvalue weighted by molar-refractivity contribution is 6.17. The number of allylic oxidation sites excluding steroid dienone is 2. The van der Waals surface area contributed by atoms with Crippen LogP contribution in [0.1, 0.15) is 86.0 Å². The maximum Gasteiger partial charge on any atom is 0.0668 e. The Morgan fingerprint density at radius 3 is 1.68 bits per heavy atom. The van der Waals surface area contributed by atoms with E-state index in [1.165, 1.54) is 54.4 Å². The first-order chi connectivity index (χ1) is 10.4. The second kappa shape index (κ2) is 9.13. The quantitative estimate of drug-likeness (QED) is 0.364. The van der Waals surface area contributed by atoms with Crippen molar-refractivity contribution in [2.24, 2.45) is 5.41 Å². The van der Waals surface area contributed by atoms with Crippen molar-refractivity contribution in [2.75, 3.05) is 5.88 Å².